The molecule has 1 aliphatic heterocycles. The Morgan fingerprint density at radius 2 is 2.16 bits per heavy atom. The van der Waals surface area contributed by atoms with E-state index in [0.717, 1.165) is 6.07 Å². The van der Waals surface area contributed by atoms with Gasteiger partial charge in [-0.15, -0.1) is 0 Å². The number of alkyl carbamates (subject to hydrolysis) is 1. The maximum Gasteiger partial charge on any atom is 0.433 e. The van der Waals surface area contributed by atoms with Crippen molar-refractivity contribution in [3.8, 4) is 0 Å². The molecular formula is C18H19F4N7O3. The van der Waals surface area contributed by atoms with Gasteiger partial charge < -0.3 is 20.1 Å². The van der Waals surface area contributed by atoms with E-state index >= 15 is 0 Å². The number of ether oxygens (including phenoxy) is 2. The summed E-state index contributed by atoms with van der Waals surface area (Å²) >= 11 is 0. The van der Waals surface area contributed by atoms with E-state index in [1.807, 2.05) is 0 Å². The van der Waals surface area contributed by atoms with Crippen molar-refractivity contribution in [2.45, 2.75) is 44.4 Å². The molecule has 0 bridgehead atoms. The lowest BCUT2D eigenvalue weighted by Crippen LogP contribution is -2.36. The smallest absolute Gasteiger partial charge is 0.433 e. The number of aromatic amines is 1. The Labute approximate surface area is 178 Å². The van der Waals surface area contributed by atoms with Crippen molar-refractivity contribution < 1.29 is 31.8 Å². The Morgan fingerprint density at radius 1 is 1.38 bits per heavy atom. The van der Waals surface area contributed by atoms with Crippen molar-refractivity contribution in [1.82, 2.24) is 29.9 Å². The Hall–Kier alpha value is -3.42. The predicted octanol–water partition coefficient (Wildman–Crippen LogP) is 3.13. The summed E-state index contributed by atoms with van der Waals surface area (Å²) in [5.41, 5.74) is -0.880. The SMILES string of the molecule is CC(C)NC(=O)O[C@H]1CO[C@@H](c2cc(Nc3nc(C(F)(F)F)cc4nccn34)n[nH]2)[C@@H]1F. The zero-order chi connectivity index (χ0) is 23.0. The number of halogens is 4. The van der Waals surface area contributed by atoms with E-state index in [9.17, 15) is 22.4 Å². The minimum Gasteiger partial charge on any atom is -0.441 e. The molecule has 14 heteroatoms. The van der Waals surface area contributed by atoms with E-state index in [1.54, 1.807) is 13.8 Å². The monoisotopic (exact) mass is 457 g/mol. The van der Waals surface area contributed by atoms with E-state index in [4.69, 9.17) is 9.47 Å². The quantitative estimate of drug-likeness (QED) is 0.504. The second kappa shape index (κ2) is 8.26. The number of nitrogens with one attached hydrogen (secondary N) is 3. The van der Waals surface area contributed by atoms with Crippen molar-refractivity contribution in [1.29, 1.82) is 0 Å². The summed E-state index contributed by atoms with van der Waals surface area (Å²) in [7, 11) is 0. The number of hydrogen-bond donors (Lipinski definition) is 3. The highest BCUT2D eigenvalue weighted by Crippen LogP contribution is 2.34. The zero-order valence-electron chi connectivity index (χ0n) is 16.9. The van der Waals surface area contributed by atoms with Gasteiger partial charge in [0, 0.05) is 30.6 Å². The van der Waals surface area contributed by atoms with Crippen LogP contribution in [0.3, 0.4) is 0 Å². The maximum absolute atomic E-state index is 14.8. The number of carbonyl (C=O) groups excluding carboxylic acids is 1. The molecule has 172 valence electrons. The Morgan fingerprint density at radius 3 is 2.88 bits per heavy atom. The minimum atomic E-state index is -4.67. The molecule has 1 saturated heterocycles. The fourth-order valence-corrected chi connectivity index (χ4v) is 3.16. The van der Waals surface area contributed by atoms with Crippen molar-refractivity contribution in [3.63, 3.8) is 0 Å². The predicted molar refractivity (Wildman–Crippen MR) is 102 cm³/mol. The van der Waals surface area contributed by atoms with E-state index in [2.05, 4.69) is 30.8 Å². The Kier molecular flexibility index (Phi) is 5.62. The van der Waals surface area contributed by atoms with Crippen molar-refractivity contribution in [2.75, 3.05) is 11.9 Å². The number of amides is 1. The first-order chi connectivity index (χ1) is 15.1. The topological polar surface area (TPSA) is 118 Å². The molecule has 4 rings (SSSR count). The van der Waals surface area contributed by atoms with Gasteiger partial charge in [0.05, 0.1) is 12.3 Å². The van der Waals surface area contributed by atoms with Gasteiger partial charge in [-0.25, -0.2) is 19.2 Å². The van der Waals surface area contributed by atoms with Crippen LogP contribution in [0.1, 0.15) is 31.3 Å². The third-order valence-corrected chi connectivity index (χ3v) is 4.57. The first-order valence-electron chi connectivity index (χ1n) is 9.58. The van der Waals surface area contributed by atoms with Gasteiger partial charge in [0.1, 0.15) is 11.8 Å². The Bertz CT molecular complexity index is 1110. The number of aromatic nitrogens is 5. The highest BCUT2D eigenvalue weighted by molar-refractivity contribution is 5.67. The van der Waals surface area contributed by atoms with Gasteiger partial charge in [-0.2, -0.15) is 18.3 Å². The lowest BCUT2D eigenvalue weighted by atomic mass is 10.1. The first-order valence-corrected chi connectivity index (χ1v) is 9.58. The average molecular weight is 457 g/mol. The van der Waals surface area contributed by atoms with Crippen LogP contribution in [0.15, 0.2) is 24.5 Å². The molecule has 3 atom stereocenters. The molecule has 4 heterocycles. The van der Waals surface area contributed by atoms with Crippen LogP contribution in [0.2, 0.25) is 0 Å². The van der Waals surface area contributed by atoms with Crippen LogP contribution >= 0.6 is 0 Å². The van der Waals surface area contributed by atoms with Crippen LogP contribution in [0.25, 0.3) is 5.65 Å². The second-order valence-corrected chi connectivity index (χ2v) is 7.39. The number of hydrogen-bond acceptors (Lipinski definition) is 7. The molecule has 0 radical (unpaired) electrons. The molecule has 10 nitrogen and oxygen atoms in total. The number of fused-ring (bicyclic) bond motifs is 1. The fraction of sp³-hybridized carbons (Fsp3) is 0.444. The number of rotatable bonds is 5. The minimum absolute atomic E-state index is 0.0354. The highest BCUT2D eigenvalue weighted by atomic mass is 19.4. The molecule has 32 heavy (non-hydrogen) atoms. The normalized spacial score (nSPS) is 21.3. The maximum atomic E-state index is 14.8. The van der Waals surface area contributed by atoms with Crippen LogP contribution in [-0.4, -0.2) is 55.6 Å². The van der Waals surface area contributed by atoms with E-state index in [0.29, 0.717) is 0 Å². The molecule has 3 N–H and O–H groups in total. The summed E-state index contributed by atoms with van der Waals surface area (Å²) in [5.74, 6) is -0.0966. The van der Waals surface area contributed by atoms with E-state index in [-0.39, 0.29) is 35.8 Å². The van der Waals surface area contributed by atoms with Gasteiger partial charge in [0.25, 0.3) is 0 Å². The third-order valence-electron chi connectivity index (χ3n) is 4.57. The Balaban J connectivity index is 1.49. The molecule has 0 unspecified atom stereocenters. The number of H-pyrrole nitrogens is 1. The van der Waals surface area contributed by atoms with Crippen LogP contribution < -0.4 is 10.6 Å². The molecule has 0 saturated carbocycles. The lowest BCUT2D eigenvalue weighted by Gasteiger charge is -2.16. The molecule has 0 spiro atoms. The van der Waals surface area contributed by atoms with Crippen LogP contribution in [-0.2, 0) is 15.7 Å². The van der Waals surface area contributed by atoms with Crippen molar-refractivity contribution in [3.05, 3.63) is 35.9 Å². The molecule has 1 amide bonds. The standard InChI is InChI=1S/C18H19F4N7O3/c1-8(2)24-17(30)32-10-7-31-15(14(10)19)9-5-12(28-27-9)26-16-25-11(18(20,21)22)6-13-23-3-4-29(13)16/h3-6,8,10,14-15H,7H2,1-2H3,(H,24,30)(H2,25,26,27,28)/t10-,14+,15-/m0/s1. The van der Waals surface area contributed by atoms with Gasteiger partial charge in [-0.1, -0.05) is 0 Å². The fourth-order valence-electron chi connectivity index (χ4n) is 3.16. The van der Waals surface area contributed by atoms with Gasteiger partial charge in [-0.3, -0.25) is 9.50 Å². The number of nitrogens with zero attached hydrogens (tertiary/aromatic N) is 4. The first kappa shape index (κ1) is 21.8. The van der Waals surface area contributed by atoms with Gasteiger partial charge in [0.2, 0.25) is 5.95 Å². The summed E-state index contributed by atoms with van der Waals surface area (Å²) in [6.07, 6.45) is -6.56. The largest absolute Gasteiger partial charge is 0.441 e. The lowest BCUT2D eigenvalue weighted by molar-refractivity contribution is -0.141. The van der Waals surface area contributed by atoms with Crippen molar-refractivity contribution in [2.24, 2.45) is 0 Å². The summed E-state index contributed by atoms with van der Waals surface area (Å²) in [6, 6.07) is 2.02. The molecular weight excluding hydrogens is 438 g/mol. The zero-order valence-corrected chi connectivity index (χ0v) is 16.9. The molecule has 0 aromatic carbocycles. The molecule has 3 aromatic rings. The van der Waals surface area contributed by atoms with E-state index in [1.165, 1.54) is 22.9 Å². The van der Waals surface area contributed by atoms with Crippen LogP contribution in [0.5, 0.6) is 0 Å². The number of anilines is 2. The summed E-state index contributed by atoms with van der Waals surface area (Å²) in [4.78, 5) is 19.2. The molecule has 3 aromatic heterocycles. The van der Waals surface area contributed by atoms with Crippen LogP contribution in [0, 0.1) is 0 Å². The van der Waals surface area contributed by atoms with Gasteiger partial charge in [-0.05, 0) is 13.8 Å². The number of imidazole rings is 1. The van der Waals surface area contributed by atoms with Gasteiger partial charge in [0.15, 0.2) is 23.8 Å². The average Bonchev–Trinajstić information content (AvgIpc) is 3.41. The van der Waals surface area contributed by atoms with Crippen molar-refractivity contribution >= 4 is 23.5 Å². The molecule has 0 aliphatic carbocycles. The summed E-state index contributed by atoms with van der Waals surface area (Å²) in [6.45, 7) is 3.31. The summed E-state index contributed by atoms with van der Waals surface area (Å²) in [5, 5.41) is 11.7. The van der Waals surface area contributed by atoms with Crippen LogP contribution in [0.4, 0.5) is 34.1 Å². The number of alkyl halides is 4. The second-order valence-electron chi connectivity index (χ2n) is 7.39. The molecule has 1 fully saturated rings. The van der Waals surface area contributed by atoms with E-state index < -0.39 is 36.3 Å². The third kappa shape index (κ3) is 4.44. The number of carbonyl (C=O) groups is 1. The molecule has 1 aliphatic rings. The highest BCUT2D eigenvalue weighted by Gasteiger charge is 2.42. The van der Waals surface area contributed by atoms with Gasteiger partial charge >= 0.3 is 12.3 Å². The summed E-state index contributed by atoms with van der Waals surface area (Å²) < 4.78 is 66.0.